The SMILES string of the molecule is CC(C)C1(C(=O)O)CCN(C(=O)c2ccc(NC(=O)Nc3ccccc3)cc2)C1. The summed E-state index contributed by atoms with van der Waals surface area (Å²) in [6.07, 6.45) is 0.449. The maximum absolute atomic E-state index is 12.8. The first-order valence-electron chi connectivity index (χ1n) is 9.57. The van der Waals surface area contributed by atoms with Gasteiger partial charge in [0.05, 0.1) is 5.41 Å². The summed E-state index contributed by atoms with van der Waals surface area (Å²) in [5.41, 5.74) is 0.799. The first-order chi connectivity index (χ1) is 13.8. The van der Waals surface area contributed by atoms with Crippen LogP contribution in [0.1, 0.15) is 30.6 Å². The average Bonchev–Trinajstić information content (AvgIpc) is 3.16. The van der Waals surface area contributed by atoms with Gasteiger partial charge in [-0.3, -0.25) is 9.59 Å². The number of carboxylic acids is 1. The van der Waals surface area contributed by atoms with Crippen molar-refractivity contribution in [3.8, 4) is 0 Å². The van der Waals surface area contributed by atoms with Crippen LogP contribution < -0.4 is 10.6 Å². The highest BCUT2D eigenvalue weighted by Crippen LogP contribution is 2.38. The van der Waals surface area contributed by atoms with Crippen molar-refractivity contribution in [1.29, 1.82) is 0 Å². The Balaban J connectivity index is 1.62. The number of aliphatic carboxylic acids is 1. The summed E-state index contributed by atoms with van der Waals surface area (Å²) >= 11 is 0. The molecule has 7 nitrogen and oxygen atoms in total. The molecule has 2 aromatic rings. The molecule has 1 heterocycles. The van der Waals surface area contributed by atoms with E-state index in [9.17, 15) is 19.5 Å². The van der Waals surface area contributed by atoms with Gasteiger partial charge in [-0.15, -0.1) is 0 Å². The second-order valence-corrected chi connectivity index (χ2v) is 7.62. The van der Waals surface area contributed by atoms with E-state index < -0.39 is 11.4 Å². The molecule has 1 saturated heterocycles. The first-order valence-corrected chi connectivity index (χ1v) is 9.57. The van der Waals surface area contributed by atoms with Crippen molar-refractivity contribution >= 4 is 29.3 Å². The zero-order valence-electron chi connectivity index (χ0n) is 16.5. The summed E-state index contributed by atoms with van der Waals surface area (Å²) in [5.74, 6) is -1.12. The van der Waals surface area contributed by atoms with Crippen molar-refractivity contribution in [2.24, 2.45) is 11.3 Å². The molecule has 1 aliphatic heterocycles. The highest BCUT2D eigenvalue weighted by Gasteiger charge is 2.48. The molecule has 3 amide bonds. The quantitative estimate of drug-likeness (QED) is 0.715. The average molecular weight is 395 g/mol. The second kappa shape index (κ2) is 8.34. The van der Waals surface area contributed by atoms with E-state index in [1.807, 2.05) is 32.0 Å². The highest BCUT2D eigenvalue weighted by molar-refractivity contribution is 6.00. The minimum absolute atomic E-state index is 0.0625. The second-order valence-electron chi connectivity index (χ2n) is 7.62. The molecule has 0 bridgehead atoms. The molecule has 2 aromatic carbocycles. The van der Waals surface area contributed by atoms with Crippen molar-refractivity contribution < 1.29 is 19.5 Å². The molecular formula is C22H25N3O4. The molecule has 0 radical (unpaired) electrons. The summed E-state index contributed by atoms with van der Waals surface area (Å²) in [7, 11) is 0. The van der Waals surface area contributed by atoms with E-state index in [-0.39, 0.29) is 24.4 Å². The molecular weight excluding hydrogens is 370 g/mol. The Morgan fingerprint density at radius 1 is 0.966 bits per heavy atom. The third-order valence-corrected chi connectivity index (χ3v) is 5.54. The first kappa shape index (κ1) is 20.4. The lowest BCUT2D eigenvalue weighted by atomic mass is 9.76. The van der Waals surface area contributed by atoms with Crippen molar-refractivity contribution in [2.45, 2.75) is 20.3 Å². The molecule has 0 saturated carbocycles. The zero-order chi connectivity index (χ0) is 21.0. The van der Waals surface area contributed by atoms with Gasteiger partial charge in [-0.1, -0.05) is 32.0 Å². The van der Waals surface area contributed by atoms with E-state index in [0.29, 0.717) is 29.9 Å². The summed E-state index contributed by atoms with van der Waals surface area (Å²) in [4.78, 5) is 38.2. The van der Waals surface area contributed by atoms with Gasteiger partial charge < -0.3 is 20.6 Å². The molecule has 1 atom stereocenters. The standard InChI is InChI=1S/C22H25N3O4/c1-15(2)22(20(27)28)12-13-25(14-22)19(26)16-8-10-18(11-9-16)24-21(29)23-17-6-4-3-5-7-17/h3-11,15H,12-14H2,1-2H3,(H,27,28)(H2,23,24,29). The number of urea groups is 1. The Hall–Kier alpha value is -3.35. The van der Waals surface area contributed by atoms with Crippen molar-refractivity contribution in [1.82, 2.24) is 4.90 Å². The fourth-order valence-corrected chi connectivity index (χ4v) is 3.59. The van der Waals surface area contributed by atoms with Crippen LogP contribution in [0.4, 0.5) is 16.2 Å². The number of carbonyl (C=O) groups excluding carboxylic acids is 2. The minimum Gasteiger partial charge on any atom is -0.481 e. The number of nitrogens with zero attached hydrogens (tertiary/aromatic N) is 1. The van der Waals surface area contributed by atoms with Gasteiger partial charge in [-0.25, -0.2) is 4.79 Å². The largest absolute Gasteiger partial charge is 0.481 e. The third-order valence-electron chi connectivity index (χ3n) is 5.54. The number of anilines is 2. The summed E-state index contributed by atoms with van der Waals surface area (Å²) < 4.78 is 0. The van der Waals surface area contributed by atoms with E-state index in [4.69, 9.17) is 0 Å². The van der Waals surface area contributed by atoms with Gasteiger partial charge in [0.25, 0.3) is 5.91 Å². The Morgan fingerprint density at radius 2 is 1.55 bits per heavy atom. The summed E-state index contributed by atoms with van der Waals surface area (Å²) in [5, 5.41) is 15.1. The Labute approximate surface area is 169 Å². The van der Waals surface area contributed by atoms with Crippen molar-refractivity contribution in [3.63, 3.8) is 0 Å². The molecule has 3 N–H and O–H groups in total. The molecule has 1 unspecified atom stereocenters. The summed E-state index contributed by atoms with van der Waals surface area (Å²) in [6, 6.07) is 15.3. The van der Waals surface area contributed by atoms with Gasteiger partial charge in [0, 0.05) is 30.0 Å². The van der Waals surface area contributed by atoms with E-state index in [2.05, 4.69) is 10.6 Å². The number of para-hydroxylation sites is 1. The van der Waals surface area contributed by atoms with Crippen molar-refractivity contribution in [3.05, 3.63) is 60.2 Å². The number of carboxylic acid groups (broad SMARTS) is 1. The van der Waals surface area contributed by atoms with E-state index >= 15 is 0 Å². The van der Waals surface area contributed by atoms with Crippen LogP contribution in [0, 0.1) is 11.3 Å². The van der Waals surface area contributed by atoms with Crippen LogP contribution >= 0.6 is 0 Å². The molecule has 1 fully saturated rings. The Morgan fingerprint density at radius 3 is 2.07 bits per heavy atom. The van der Waals surface area contributed by atoms with Crippen LogP contribution in [0.2, 0.25) is 0 Å². The maximum Gasteiger partial charge on any atom is 0.323 e. The molecule has 0 aliphatic carbocycles. The summed E-state index contributed by atoms with van der Waals surface area (Å²) in [6.45, 7) is 4.38. The normalized spacial score (nSPS) is 18.5. The smallest absolute Gasteiger partial charge is 0.323 e. The van der Waals surface area contributed by atoms with Gasteiger partial charge in [0.2, 0.25) is 0 Å². The minimum atomic E-state index is -0.896. The lowest BCUT2D eigenvalue weighted by Crippen LogP contribution is -2.40. The third kappa shape index (κ3) is 4.39. The zero-order valence-corrected chi connectivity index (χ0v) is 16.5. The van der Waals surface area contributed by atoms with Crippen LogP contribution in [0.3, 0.4) is 0 Å². The van der Waals surface area contributed by atoms with E-state index in [0.717, 1.165) is 0 Å². The lowest BCUT2D eigenvalue weighted by Gasteiger charge is -2.28. The number of benzene rings is 2. The lowest BCUT2D eigenvalue weighted by molar-refractivity contribution is -0.150. The molecule has 0 spiro atoms. The van der Waals surface area contributed by atoms with Gasteiger partial charge in [-0.05, 0) is 48.7 Å². The maximum atomic E-state index is 12.8. The van der Waals surface area contributed by atoms with Crippen LogP contribution in [-0.4, -0.2) is 41.0 Å². The van der Waals surface area contributed by atoms with Crippen LogP contribution in [0.5, 0.6) is 0 Å². The molecule has 29 heavy (non-hydrogen) atoms. The Bertz CT molecular complexity index is 896. The topological polar surface area (TPSA) is 98.7 Å². The Kier molecular flexibility index (Phi) is 5.87. The number of hydrogen-bond acceptors (Lipinski definition) is 3. The number of likely N-dealkylation sites (tertiary alicyclic amines) is 1. The van der Waals surface area contributed by atoms with Gasteiger partial charge >= 0.3 is 12.0 Å². The number of amides is 3. The highest BCUT2D eigenvalue weighted by atomic mass is 16.4. The van der Waals surface area contributed by atoms with Crippen LogP contribution in [0.15, 0.2) is 54.6 Å². The van der Waals surface area contributed by atoms with Crippen LogP contribution in [-0.2, 0) is 4.79 Å². The van der Waals surface area contributed by atoms with Gasteiger partial charge in [0.1, 0.15) is 0 Å². The predicted octanol–water partition coefficient (Wildman–Crippen LogP) is 3.90. The number of hydrogen-bond donors (Lipinski definition) is 3. The molecule has 0 aromatic heterocycles. The molecule has 7 heteroatoms. The number of carbonyl (C=O) groups is 3. The fourth-order valence-electron chi connectivity index (χ4n) is 3.59. The van der Waals surface area contributed by atoms with Crippen molar-refractivity contribution in [2.75, 3.05) is 23.7 Å². The number of nitrogens with one attached hydrogen (secondary N) is 2. The fraction of sp³-hybridized carbons (Fsp3) is 0.318. The van der Waals surface area contributed by atoms with E-state index in [1.165, 1.54) is 0 Å². The number of rotatable bonds is 5. The molecule has 152 valence electrons. The molecule has 1 aliphatic rings. The van der Waals surface area contributed by atoms with Gasteiger partial charge in [-0.2, -0.15) is 0 Å². The van der Waals surface area contributed by atoms with E-state index in [1.54, 1.807) is 41.3 Å². The monoisotopic (exact) mass is 395 g/mol. The van der Waals surface area contributed by atoms with Crippen LogP contribution in [0.25, 0.3) is 0 Å². The van der Waals surface area contributed by atoms with Gasteiger partial charge in [0.15, 0.2) is 0 Å². The molecule has 3 rings (SSSR count). The predicted molar refractivity (Wildman–Crippen MR) is 111 cm³/mol.